The highest BCUT2D eigenvalue weighted by atomic mass is 16.2. The summed E-state index contributed by atoms with van der Waals surface area (Å²) >= 11 is 0. The summed E-state index contributed by atoms with van der Waals surface area (Å²) in [4.78, 5) is 33.2. The number of anilines is 2. The Labute approximate surface area is 151 Å². The fraction of sp³-hybridized carbons (Fsp3) is 0.250. The van der Waals surface area contributed by atoms with Gasteiger partial charge in [0.15, 0.2) is 0 Å². The summed E-state index contributed by atoms with van der Waals surface area (Å²) in [6.07, 6.45) is 0.517. The first-order chi connectivity index (χ1) is 12.5. The minimum Gasteiger partial charge on any atom is -0.313 e. The number of hydrogen-bond acceptors (Lipinski definition) is 3. The molecule has 1 aromatic heterocycles. The third kappa shape index (κ3) is 2.37. The minimum atomic E-state index is -0.547. The van der Waals surface area contributed by atoms with E-state index in [0.717, 1.165) is 22.3 Å². The molecule has 0 aliphatic carbocycles. The van der Waals surface area contributed by atoms with Gasteiger partial charge in [0.05, 0.1) is 11.0 Å². The van der Waals surface area contributed by atoms with E-state index in [4.69, 9.17) is 0 Å². The first-order valence-corrected chi connectivity index (χ1v) is 8.55. The highest BCUT2D eigenvalue weighted by Gasteiger charge is 2.39. The Morgan fingerprint density at radius 3 is 2.54 bits per heavy atom. The summed E-state index contributed by atoms with van der Waals surface area (Å²) in [6, 6.07) is 14.9. The number of fused-ring (bicyclic) bond motifs is 2. The van der Waals surface area contributed by atoms with Crippen molar-refractivity contribution in [2.45, 2.75) is 19.4 Å². The molecule has 0 bridgehead atoms. The first kappa shape index (κ1) is 16.3. The second-order valence-electron chi connectivity index (χ2n) is 6.59. The number of rotatable bonds is 2. The number of nitrogens with zero attached hydrogens (tertiary/aromatic N) is 4. The van der Waals surface area contributed by atoms with Crippen molar-refractivity contribution in [3.05, 3.63) is 54.1 Å². The summed E-state index contributed by atoms with van der Waals surface area (Å²) in [5.41, 5.74) is 3.62. The molecule has 2 amide bonds. The minimum absolute atomic E-state index is 0.133. The summed E-state index contributed by atoms with van der Waals surface area (Å²) in [5.74, 6) is 0.289. The Kier molecular flexibility index (Phi) is 3.76. The Hall–Kier alpha value is -3.15. The Bertz CT molecular complexity index is 1020. The lowest BCUT2D eigenvalue weighted by Gasteiger charge is -2.27. The van der Waals surface area contributed by atoms with Crippen molar-refractivity contribution in [3.63, 3.8) is 0 Å². The molecular formula is C20H20N4O2. The Morgan fingerprint density at radius 2 is 1.81 bits per heavy atom. The number of benzene rings is 2. The van der Waals surface area contributed by atoms with E-state index in [1.807, 2.05) is 60.1 Å². The Morgan fingerprint density at radius 1 is 1.12 bits per heavy atom. The van der Waals surface area contributed by atoms with Crippen LogP contribution in [0.5, 0.6) is 0 Å². The Balaban J connectivity index is 1.70. The maximum absolute atomic E-state index is 13.2. The van der Waals surface area contributed by atoms with E-state index in [1.54, 1.807) is 16.8 Å². The molecular weight excluding hydrogens is 328 g/mol. The predicted molar refractivity (Wildman–Crippen MR) is 101 cm³/mol. The van der Waals surface area contributed by atoms with Crippen LogP contribution >= 0.6 is 0 Å². The molecule has 2 heterocycles. The van der Waals surface area contributed by atoms with Crippen LogP contribution in [0.1, 0.15) is 12.5 Å². The lowest BCUT2D eigenvalue weighted by atomic mass is 10.1. The average Bonchev–Trinajstić information content (AvgIpc) is 3.19. The summed E-state index contributed by atoms with van der Waals surface area (Å²) < 4.78 is 1.90. The van der Waals surface area contributed by atoms with Gasteiger partial charge in [0.1, 0.15) is 6.04 Å². The van der Waals surface area contributed by atoms with Crippen molar-refractivity contribution in [1.82, 2.24) is 9.55 Å². The van der Waals surface area contributed by atoms with Crippen LogP contribution in [0.15, 0.2) is 48.5 Å². The van der Waals surface area contributed by atoms with Crippen LogP contribution in [0.3, 0.4) is 0 Å². The van der Waals surface area contributed by atoms with Crippen molar-refractivity contribution in [2.75, 3.05) is 16.8 Å². The molecule has 0 spiro atoms. The molecule has 0 unspecified atom stereocenters. The highest BCUT2D eigenvalue weighted by molar-refractivity contribution is 6.07. The molecule has 0 saturated carbocycles. The van der Waals surface area contributed by atoms with Crippen LogP contribution < -0.4 is 9.80 Å². The number of aryl methyl sites for hydroxylation is 1. The monoisotopic (exact) mass is 348 g/mol. The number of amides is 2. The van der Waals surface area contributed by atoms with Gasteiger partial charge in [-0.1, -0.05) is 30.3 Å². The van der Waals surface area contributed by atoms with Gasteiger partial charge in [0.2, 0.25) is 11.9 Å². The highest BCUT2D eigenvalue weighted by Crippen LogP contribution is 2.33. The predicted octanol–water partition coefficient (Wildman–Crippen LogP) is 2.51. The molecule has 1 aliphatic heterocycles. The van der Waals surface area contributed by atoms with Crippen molar-refractivity contribution in [3.8, 4) is 0 Å². The van der Waals surface area contributed by atoms with Crippen LogP contribution in [-0.2, 0) is 23.1 Å². The van der Waals surface area contributed by atoms with Crippen molar-refractivity contribution in [2.24, 2.45) is 7.05 Å². The topological polar surface area (TPSA) is 58.4 Å². The molecule has 0 saturated heterocycles. The standard InChI is InChI=1S/C20H20N4O2/c1-13(25)24-16-10-6-4-8-14(16)12-18(24)19(26)23(3)20-21-15-9-5-7-11-17(15)22(20)2/h4-11,18H,12H2,1-3H3/t18-/m0/s1. The normalized spacial score (nSPS) is 16.0. The van der Waals surface area contributed by atoms with Gasteiger partial charge in [-0.2, -0.15) is 0 Å². The molecule has 4 rings (SSSR count). The number of carbonyl (C=O) groups excluding carboxylic acids is 2. The second-order valence-corrected chi connectivity index (χ2v) is 6.59. The van der Waals surface area contributed by atoms with Crippen LogP contribution in [0.25, 0.3) is 11.0 Å². The molecule has 3 aromatic rings. The third-order valence-electron chi connectivity index (χ3n) is 4.99. The number of imidazole rings is 1. The van der Waals surface area contributed by atoms with Crippen LogP contribution in [0, 0.1) is 0 Å². The van der Waals surface area contributed by atoms with Crippen molar-refractivity contribution >= 4 is 34.5 Å². The number of hydrogen-bond donors (Lipinski definition) is 0. The molecule has 0 radical (unpaired) electrons. The largest absolute Gasteiger partial charge is 0.313 e. The third-order valence-corrected chi connectivity index (χ3v) is 4.99. The van der Waals surface area contributed by atoms with Crippen LogP contribution in [-0.4, -0.2) is 34.5 Å². The lowest BCUT2D eigenvalue weighted by Crippen LogP contribution is -2.48. The number of para-hydroxylation sites is 3. The second kappa shape index (κ2) is 5.98. The quantitative estimate of drug-likeness (QED) is 0.715. The molecule has 0 N–H and O–H groups in total. The summed E-state index contributed by atoms with van der Waals surface area (Å²) in [5, 5.41) is 0. The van der Waals surface area contributed by atoms with E-state index in [2.05, 4.69) is 4.98 Å². The van der Waals surface area contributed by atoms with E-state index < -0.39 is 6.04 Å². The fourth-order valence-electron chi connectivity index (χ4n) is 3.73. The van der Waals surface area contributed by atoms with Crippen LogP contribution in [0.4, 0.5) is 11.6 Å². The molecule has 1 atom stereocenters. The maximum atomic E-state index is 13.2. The van der Waals surface area contributed by atoms with Gasteiger partial charge in [-0.25, -0.2) is 4.98 Å². The molecule has 6 heteroatoms. The number of aromatic nitrogens is 2. The molecule has 6 nitrogen and oxygen atoms in total. The van der Waals surface area contributed by atoms with Gasteiger partial charge in [-0.05, 0) is 23.8 Å². The van der Waals surface area contributed by atoms with Gasteiger partial charge in [0.25, 0.3) is 5.91 Å². The van der Waals surface area contributed by atoms with Gasteiger partial charge < -0.3 is 4.57 Å². The number of likely N-dealkylation sites (N-methyl/N-ethyl adjacent to an activating group) is 1. The zero-order chi connectivity index (χ0) is 18.4. The van der Waals surface area contributed by atoms with Crippen LogP contribution in [0.2, 0.25) is 0 Å². The van der Waals surface area contributed by atoms with Gasteiger partial charge in [0, 0.05) is 33.1 Å². The summed E-state index contributed by atoms with van der Waals surface area (Å²) in [6.45, 7) is 1.50. The zero-order valence-electron chi connectivity index (χ0n) is 15.0. The van der Waals surface area contributed by atoms with Gasteiger partial charge in [-0.3, -0.25) is 19.4 Å². The molecule has 0 fully saturated rings. The lowest BCUT2D eigenvalue weighted by molar-refractivity contribution is -0.123. The SMILES string of the molecule is CC(=O)N1c2ccccc2C[C@H]1C(=O)N(C)c1nc2ccccc2n1C. The van der Waals surface area contributed by atoms with E-state index in [9.17, 15) is 9.59 Å². The summed E-state index contributed by atoms with van der Waals surface area (Å²) in [7, 11) is 3.60. The van der Waals surface area contributed by atoms with Gasteiger partial charge >= 0.3 is 0 Å². The molecule has 26 heavy (non-hydrogen) atoms. The number of carbonyl (C=O) groups is 2. The molecule has 132 valence electrons. The van der Waals surface area contributed by atoms with E-state index in [-0.39, 0.29) is 11.8 Å². The average molecular weight is 348 g/mol. The molecule has 1 aliphatic rings. The van der Waals surface area contributed by atoms with Crippen molar-refractivity contribution < 1.29 is 9.59 Å². The van der Waals surface area contributed by atoms with Gasteiger partial charge in [-0.15, -0.1) is 0 Å². The first-order valence-electron chi connectivity index (χ1n) is 8.55. The van der Waals surface area contributed by atoms with E-state index in [0.29, 0.717) is 12.4 Å². The fourth-order valence-corrected chi connectivity index (χ4v) is 3.73. The van der Waals surface area contributed by atoms with E-state index in [1.165, 1.54) is 6.92 Å². The smallest absolute Gasteiger partial charge is 0.252 e. The zero-order valence-corrected chi connectivity index (χ0v) is 15.0. The van der Waals surface area contributed by atoms with E-state index >= 15 is 0 Å². The molecule has 2 aromatic carbocycles. The van der Waals surface area contributed by atoms with Crippen molar-refractivity contribution in [1.29, 1.82) is 0 Å². The maximum Gasteiger partial charge on any atom is 0.252 e.